The lowest BCUT2D eigenvalue weighted by Crippen LogP contribution is -2.16. The van der Waals surface area contributed by atoms with Crippen molar-refractivity contribution in [2.24, 2.45) is 0 Å². The third-order valence-electron chi connectivity index (χ3n) is 7.32. The first kappa shape index (κ1) is 24.6. The van der Waals surface area contributed by atoms with Gasteiger partial charge in [-0.3, -0.25) is 4.79 Å². The highest BCUT2D eigenvalue weighted by atomic mass is 32.2. The first-order valence-corrected chi connectivity index (χ1v) is 14.3. The van der Waals surface area contributed by atoms with Crippen LogP contribution in [0.4, 0.5) is 0 Å². The van der Waals surface area contributed by atoms with Gasteiger partial charge in [0.25, 0.3) is 10.0 Å². The van der Waals surface area contributed by atoms with Gasteiger partial charge >= 0.3 is 5.97 Å². The van der Waals surface area contributed by atoms with Crippen molar-refractivity contribution >= 4 is 32.7 Å². The molecule has 0 spiro atoms. The maximum absolute atomic E-state index is 14.2. The highest BCUT2D eigenvalue weighted by Crippen LogP contribution is 2.54. The Hall–Kier alpha value is -3.12. The normalized spacial score (nSPS) is 17.9. The minimum atomic E-state index is -3.96. The van der Waals surface area contributed by atoms with Crippen LogP contribution in [0.2, 0.25) is 0 Å². The Morgan fingerprint density at radius 1 is 1.08 bits per heavy atom. The Balaban J connectivity index is 1.86. The predicted molar refractivity (Wildman–Crippen MR) is 143 cm³/mol. The molecule has 0 fully saturated rings. The Kier molecular flexibility index (Phi) is 6.64. The van der Waals surface area contributed by atoms with Gasteiger partial charge in [-0.1, -0.05) is 60.9 Å². The van der Waals surface area contributed by atoms with Crippen molar-refractivity contribution in [2.45, 2.75) is 76.5 Å². The first-order chi connectivity index (χ1) is 17.3. The summed E-state index contributed by atoms with van der Waals surface area (Å²) in [6, 6.07) is 14.6. The average Bonchev–Trinajstić information content (AvgIpc) is 3.36. The Morgan fingerprint density at radius 2 is 1.83 bits per heavy atom. The third-order valence-corrected chi connectivity index (χ3v) is 9.04. The van der Waals surface area contributed by atoms with Crippen molar-refractivity contribution in [1.82, 2.24) is 3.97 Å². The number of hydrogen-bond donors (Lipinski definition) is 0. The van der Waals surface area contributed by atoms with Gasteiger partial charge in [-0.25, -0.2) is 12.4 Å². The van der Waals surface area contributed by atoms with Gasteiger partial charge in [-0.05, 0) is 69.2 Å². The van der Waals surface area contributed by atoms with Crippen molar-refractivity contribution < 1.29 is 17.9 Å². The zero-order valence-corrected chi connectivity index (χ0v) is 22.0. The molecule has 5 nitrogen and oxygen atoms in total. The second-order valence-corrected chi connectivity index (χ2v) is 11.7. The van der Waals surface area contributed by atoms with Crippen LogP contribution in [0.1, 0.15) is 81.5 Å². The number of para-hydroxylation sites is 1. The lowest BCUT2D eigenvalue weighted by Gasteiger charge is -2.23. The van der Waals surface area contributed by atoms with Gasteiger partial charge in [0.15, 0.2) is 5.76 Å². The zero-order chi connectivity index (χ0) is 25.4. The second-order valence-electron chi connectivity index (χ2n) is 9.87. The zero-order valence-electron chi connectivity index (χ0n) is 21.2. The molecule has 1 unspecified atom stereocenters. The van der Waals surface area contributed by atoms with E-state index in [4.69, 9.17) is 4.74 Å². The van der Waals surface area contributed by atoms with Crippen molar-refractivity contribution in [3.63, 3.8) is 0 Å². The molecule has 0 saturated carbocycles. The number of ether oxygens (including phenoxy) is 1. The molecular weight excluding hydrogens is 470 g/mol. The van der Waals surface area contributed by atoms with Gasteiger partial charge in [0, 0.05) is 23.8 Å². The number of hydrogen-bond acceptors (Lipinski definition) is 4. The van der Waals surface area contributed by atoms with Crippen molar-refractivity contribution in [3.8, 4) is 0 Å². The standard InChI is InChI=1S/C30H33NO4S/c1-4-5-13-25-27(22-11-7-6-8-12-22)28-24-14-9-10-15-26(24)31(29(28)30(25)35-21(3)32)36(33,34)23-18-16-20(2)17-19-23/h9-11,14-19,27H,4-8,12-13H2,1-3H3. The second kappa shape index (κ2) is 9.74. The molecule has 2 aromatic carbocycles. The third kappa shape index (κ3) is 4.11. The highest BCUT2D eigenvalue weighted by molar-refractivity contribution is 7.90. The lowest BCUT2D eigenvalue weighted by molar-refractivity contribution is -0.134. The summed E-state index contributed by atoms with van der Waals surface area (Å²) in [6.45, 7) is 5.46. The molecular formula is C30H33NO4S. The summed E-state index contributed by atoms with van der Waals surface area (Å²) in [6.07, 6.45) is 9.28. The van der Waals surface area contributed by atoms with E-state index in [2.05, 4.69) is 13.0 Å². The quantitative estimate of drug-likeness (QED) is 0.252. The fraction of sp³-hybridized carbons (Fsp3) is 0.367. The molecule has 3 aromatic rings. The number of unbranched alkanes of at least 4 members (excludes halogenated alkanes) is 1. The Morgan fingerprint density at radius 3 is 2.50 bits per heavy atom. The summed E-state index contributed by atoms with van der Waals surface area (Å²) in [5.74, 6) is -0.0809. The number of carbonyl (C=O) groups is 1. The summed E-state index contributed by atoms with van der Waals surface area (Å²) in [5, 5.41) is 0.899. The highest BCUT2D eigenvalue weighted by Gasteiger charge is 2.42. The number of carbonyl (C=O) groups excluding carboxylic acids is 1. The number of fused-ring (bicyclic) bond motifs is 3. The number of aromatic nitrogens is 1. The van der Waals surface area contributed by atoms with Crippen LogP contribution in [-0.4, -0.2) is 18.4 Å². The maximum atomic E-state index is 14.2. The minimum Gasteiger partial charge on any atom is -0.424 e. The number of allylic oxidation sites excluding steroid dienone is 3. The number of esters is 1. The van der Waals surface area contributed by atoms with E-state index in [1.54, 1.807) is 12.1 Å². The molecule has 6 heteroatoms. The summed E-state index contributed by atoms with van der Waals surface area (Å²) in [4.78, 5) is 12.6. The summed E-state index contributed by atoms with van der Waals surface area (Å²) >= 11 is 0. The molecule has 1 aromatic heterocycles. The largest absolute Gasteiger partial charge is 0.424 e. The number of nitrogens with zero attached hydrogens (tertiary/aromatic N) is 1. The van der Waals surface area contributed by atoms with Crippen LogP contribution in [0.15, 0.2) is 70.6 Å². The summed E-state index contributed by atoms with van der Waals surface area (Å²) in [7, 11) is -3.96. The lowest BCUT2D eigenvalue weighted by atomic mass is 9.80. The summed E-state index contributed by atoms with van der Waals surface area (Å²) in [5.41, 5.74) is 5.41. The van der Waals surface area contributed by atoms with E-state index in [9.17, 15) is 13.2 Å². The smallest absolute Gasteiger partial charge is 0.308 e. The van der Waals surface area contributed by atoms with Crippen LogP contribution in [0, 0.1) is 6.92 Å². The molecule has 2 aliphatic carbocycles. The van der Waals surface area contributed by atoms with Crippen LogP contribution in [-0.2, 0) is 19.6 Å². The van der Waals surface area contributed by atoms with Crippen LogP contribution >= 0.6 is 0 Å². The fourth-order valence-electron chi connectivity index (χ4n) is 5.68. The van der Waals surface area contributed by atoms with Crippen molar-refractivity contribution in [3.05, 3.63) is 82.6 Å². The van der Waals surface area contributed by atoms with E-state index >= 15 is 0 Å². The van der Waals surface area contributed by atoms with Gasteiger partial charge in [0.2, 0.25) is 0 Å². The molecule has 36 heavy (non-hydrogen) atoms. The molecule has 0 bridgehead atoms. The van der Waals surface area contributed by atoms with E-state index in [0.29, 0.717) is 17.0 Å². The molecule has 0 amide bonds. The van der Waals surface area contributed by atoms with E-state index in [1.807, 2.05) is 43.3 Å². The van der Waals surface area contributed by atoms with Crippen LogP contribution in [0.25, 0.3) is 16.7 Å². The average molecular weight is 504 g/mol. The van der Waals surface area contributed by atoms with Crippen molar-refractivity contribution in [2.75, 3.05) is 0 Å². The van der Waals surface area contributed by atoms with Crippen LogP contribution in [0.3, 0.4) is 0 Å². The van der Waals surface area contributed by atoms with Gasteiger partial charge < -0.3 is 4.74 Å². The van der Waals surface area contributed by atoms with Gasteiger partial charge in [0.1, 0.15) is 5.69 Å². The van der Waals surface area contributed by atoms with E-state index in [1.165, 1.54) is 16.5 Å². The SMILES string of the molecule is CCCCC1=C(OC(C)=O)c2c(c3ccccc3n2S(=O)(=O)c2ccc(C)cc2)C1C1=CCCCC1. The Bertz CT molecular complexity index is 1490. The topological polar surface area (TPSA) is 65.4 Å². The maximum Gasteiger partial charge on any atom is 0.308 e. The first-order valence-electron chi connectivity index (χ1n) is 12.9. The molecule has 5 rings (SSSR count). The molecule has 0 saturated heterocycles. The molecule has 188 valence electrons. The van der Waals surface area contributed by atoms with Gasteiger partial charge in [-0.15, -0.1) is 0 Å². The molecule has 2 aliphatic rings. The Labute approximate surface area is 213 Å². The number of aryl methyl sites for hydroxylation is 1. The molecule has 1 heterocycles. The molecule has 1 atom stereocenters. The van der Waals surface area contributed by atoms with E-state index < -0.39 is 16.0 Å². The number of rotatable bonds is 7. The van der Waals surface area contributed by atoms with Gasteiger partial charge in [0.05, 0.1) is 10.4 Å². The van der Waals surface area contributed by atoms with Crippen LogP contribution < -0.4 is 0 Å². The van der Waals surface area contributed by atoms with Crippen molar-refractivity contribution in [1.29, 1.82) is 0 Å². The van der Waals surface area contributed by atoms with Crippen LogP contribution in [0.5, 0.6) is 0 Å². The van der Waals surface area contributed by atoms with Gasteiger partial charge in [-0.2, -0.15) is 0 Å². The summed E-state index contributed by atoms with van der Waals surface area (Å²) < 4.78 is 35.7. The fourth-order valence-corrected chi connectivity index (χ4v) is 7.21. The molecule has 0 aliphatic heterocycles. The van der Waals surface area contributed by atoms with E-state index in [-0.39, 0.29) is 10.8 Å². The monoisotopic (exact) mass is 503 g/mol. The molecule has 0 radical (unpaired) electrons. The van der Waals surface area contributed by atoms with E-state index in [0.717, 1.165) is 67.0 Å². The minimum absolute atomic E-state index is 0.0689. The molecule has 0 N–H and O–H groups in total. The number of benzene rings is 2. The predicted octanol–water partition coefficient (Wildman–Crippen LogP) is 7.25.